The number of allylic oxidation sites excluding steroid dienone is 2. The number of aliphatic hydroxyl groups is 3. The average Bonchev–Trinajstić information content (AvgIpc) is 3.38. The molecule has 3 fully saturated rings. The molecule has 7 atom stereocenters. The SMILES string of the molecule is CC(C)[Si]1(C(C)C)OC[C@@]2(F)O[C@@H](N3C=CC(=O)CC3=O)C(=O)[C@@H]2O[Si](C(C)C)(C(C)C)O1.C[C@]1(O)[C@H](N2C=CC(=O)CC2=O)O[C@](F)(CO)[C@H]1O. The zero-order valence-corrected chi connectivity index (χ0v) is 32.8. The van der Waals surface area contributed by atoms with E-state index in [0.717, 1.165) is 29.0 Å². The minimum atomic E-state index is -3.24. The molecule has 19 heteroatoms. The Morgan fingerprint density at radius 1 is 0.827 bits per heavy atom. The van der Waals surface area contributed by atoms with Gasteiger partial charge in [-0.3, -0.25) is 33.8 Å². The summed E-state index contributed by atoms with van der Waals surface area (Å²) in [5.41, 5.74) is -2.34. The maximum atomic E-state index is 16.5. The molecular weight excluding hydrogens is 727 g/mol. The highest BCUT2D eigenvalue weighted by Crippen LogP contribution is 2.50. The Bertz CT molecular complexity index is 1490. The van der Waals surface area contributed by atoms with Crippen molar-refractivity contribution >= 4 is 46.3 Å². The number of aliphatic hydroxyl groups excluding tert-OH is 2. The first kappa shape index (κ1) is 42.1. The molecule has 2 amide bonds. The van der Waals surface area contributed by atoms with Crippen LogP contribution in [0.3, 0.4) is 0 Å². The highest BCUT2D eigenvalue weighted by Gasteiger charge is 2.68. The van der Waals surface area contributed by atoms with E-state index in [4.69, 9.17) is 27.5 Å². The largest absolute Gasteiger partial charge is 0.414 e. The van der Waals surface area contributed by atoms with Crippen LogP contribution < -0.4 is 0 Å². The van der Waals surface area contributed by atoms with Gasteiger partial charge in [0, 0.05) is 12.4 Å². The van der Waals surface area contributed by atoms with E-state index in [1.165, 1.54) is 12.3 Å². The highest BCUT2D eigenvalue weighted by atomic mass is 28.5. The van der Waals surface area contributed by atoms with Crippen LogP contribution in [0.4, 0.5) is 8.78 Å². The van der Waals surface area contributed by atoms with Crippen molar-refractivity contribution in [2.45, 2.75) is 139 Å². The Morgan fingerprint density at radius 2 is 1.31 bits per heavy atom. The van der Waals surface area contributed by atoms with Gasteiger partial charge >= 0.3 is 17.1 Å². The Morgan fingerprint density at radius 3 is 1.73 bits per heavy atom. The number of hydrogen-bond donors (Lipinski definition) is 3. The van der Waals surface area contributed by atoms with Crippen LogP contribution in [0.25, 0.3) is 0 Å². The molecule has 0 aromatic carbocycles. The summed E-state index contributed by atoms with van der Waals surface area (Å²) in [4.78, 5) is 61.9. The number of fused-ring (bicyclic) bond motifs is 1. The number of ether oxygens (including phenoxy) is 2. The molecule has 0 aromatic rings. The second-order valence-corrected chi connectivity index (χ2v) is 24.0. The summed E-state index contributed by atoms with van der Waals surface area (Å²) >= 11 is 0. The van der Waals surface area contributed by atoms with Gasteiger partial charge in [-0.1, -0.05) is 55.4 Å². The molecule has 3 N–H and O–H groups in total. The smallest absolute Gasteiger partial charge is 0.335 e. The van der Waals surface area contributed by atoms with E-state index in [2.05, 4.69) is 0 Å². The number of halogens is 2. The lowest BCUT2D eigenvalue weighted by molar-refractivity contribution is -0.215. The van der Waals surface area contributed by atoms with Crippen LogP contribution in [-0.4, -0.2) is 127 Å². The van der Waals surface area contributed by atoms with Crippen molar-refractivity contribution < 1.29 is 70.5 Å². The van der Waals surface area contributed by atoms with Gasteiger partial charge in [-0.05, 0) is 41.2 Å². The van der Waals surface area contributed by atoms with Crippen molar-refractivity contribution in [3.05, 3.63) is 24.6 Å². The number of rotatable bonds is 7. The van der Waals surface area contributed by atoms with Crippen LogP contribution in [0.2, 0.25) is 22.2 Å². The van der Waals surface area contributed by atoms with Crippen LogP contribution in [0.15, 0.2) is 24.6 Å². The van der Waals surface area contributed by atoms with Crippen molar-refractivity contribution in [3.8, 4) is 0 Å². The molecule has 3 saturated heterocycles. The predicted molar refractivity (Wildman–Crippen MR) is 181 cm³/mol. The zero-order chi connectivity index (χ0) is 39.4. The van der Waals surface area contributed by atoms with Gasteiger partial charge < -0.3 is 37.8 Å². The maximum Gasteiger partial charge on any atom is 0.335 e. The molecular formula is C33H50F2N2O13Si2. The summed E-state index contributed by atoms with van der Waals surface area (Å²) in [5, 5.41) is 28.7. The normalized spacial score (nSPS) is 36.2. The molecule has 15 nitrogen and oxygen atoms in total. The van der Waals surface area contributed by atoms with Gasteiger partial charge in [0.15, 0.2) is 23.9 Å². The molecule has 0 unspecified atom stereocenters. The fourth-order valence-corrected chi connectivity index (χ4v) is 18.3. The number of alkyl halides is 2. The summed E-state index contributed by atoms with van der Waals surface area (Å²) in [6, 6.07) is 0. The fourth-order valence-electron chi connectivity index (χ4n) is 7.12. The van der Waals surface area contributed by atoms with Crippen LogP contribution in [-0.2, 0) is 46.4 Å². The lowest BCUT2D eigenvalue weighted by atomic mass is 9.94. The van der Waals surface area contributed by atoms with Gasteiger partial charge in [0.2, 0.25) is 23.8 Å². The number of nitrogens with zero attached hydrogens (tertiary/aromatic N) is 2. The van der Waals surface area contributed by atoms with E-state index in [9.17, 15) is 38.6 Å². The molecule has 0 aliphatic carbocycles. The van der Waals surface area contributed by atoms with E-state index in [-0.39, 0.29) is 27.9 Å². The van der Waals surface area contributed by atoms with Crippen LogP contribution in [0.5, 0.6) is 0 Å². The zero-order valence-electron chi connectivity index (χ0n) is 30.8. The monoisotopic (exact) mass is 776 g/mol. The van der Waals surface area contributed by atoms with Crippen molar-refractivity contribution in [2.24, 2.45) is 0 Å². The molecule has 5 aliphatic rings. The Hall–Kier alpha value is -2.60. The first-order valence-corrected chi connectivity index (χ1v) is 21.2. The molecule has 0 saturated carbocycles. The summed E-state index contributed by atoms with van der Waals surface area (Å²) in [5.74, 6) is -8.28. The Kier molecular flexibility index (Phi) is 12.1. The third kappa shape index (κ3) is 7.28. The van der Waals surface area contributed by atoms with E-state index in [1.807, 2.05) is 55.4 Å². The first-order valence-electron chi connectivity index (χ1n) is 17.3. The third-order valence-electron chi connectivity index (χ3n) is 10.1. The molecule has 5 heterocycles. The fraction of sp³-hybridized carbons (Fsp3) is 0.727. The minimum Gasteiger partial charge on any atom is -0.414 e. The van der Waals surface area contributed by atoms with Crippen molar-refractivity contribution in [3.63, 3.8) is 0 Å². The highest BCUT2D eigenvalue weighted by molar-refractivity contribution is 6.84. The van der Waals surface area contributed by atoms with Gasteiger partial charge in [-0.2, -0.15) is 0 Å². The summed E-state index contributed by atoms with van der Waals surface area (Å²) in [6.45, 7) is 15.3. The van der Waals surface area contributed by atoms with Crippen LogP contribution in [0, 0.1) is 0 Å². The van der Waals surface area contributed by atoms with E-state index in [1.54, 1.807) is 0 Å². The number of ketones is 3. The molecule has 292 valence electrons. The lowest BCUT2D eigenvalue weighted by Crippen LogP contribution is -2.67. The number of amides is 2. The van der Waals surface area contributed by atoms with E-state index < -0.39 is 109 Å². The third-order valence-corrected chi connectivity index (χ3v) is 20.3. The minimum absolute atomic E-state index is 0.00357. The van der Waals surface area contributed by atoms with Crippen molar-refractivity contribution in [1.29, 1.82) is 0 Å². The van der Waals surface area contributed by atoms with Crippen LogP contribution in [0.1, 0.15) is 75.2 Å². The quantitative estimate of drug-likeness (QED) is 0.252. The standard InChI is InChI=1S/C22H36FNO7Si2.C11H14FNO6/c1-13(2)32(14(3)4)28-12-22(23)20(30-33(31-32,15(5)6)16(7)8)19(27)21(29-22)24-10-9-17(25)11-18(24)26;1-10(18)8(17)11(12,5-14)19-9(10)13-3-2-6(15)4-7(13)16/h9-10,13-16,20-21H,11-12H2,1-8H3;2-3,8-9,14,17-18H,4-5H2,1H3/t20-,21+,22+;8-,9+,10+,11+/m00/s1. The molecule has 0 radical (unpaired) electrons. The van der Waals surface area contributed by atoms with Gasteiger partial charge in [-0.15, -0.1) is 0 Å². The Labute approximate surface area is 303 Å². The number of hydrogen-bond acceptors (Lipinski definition) is 13. The summed E-state index contributed by atoms with van der Waals surface area (Å²) in [6.07, 6.45) is -3.02. The van der Waals surface area contributed by atoms with Gasteiger partial charge in [0.1, 0.15) is 18.3 Å². The molecule has 0 aromatic heterocycles. The lowest BCUT2D eigenvalue weighted by Gasteiger charge is -2.51. The molecule has 0 bridgehead atoms. The van der Waals surface area contributed by atoms with Gasteiger partial charge in [-0.25, -0.2) is 8.78 Å². The number of carbonyl (C=O) groups is 5. The van der Waals surface area contributed by atoms with Gasteiger partial charge in [0.05, 0.1) is 19.4 Å². The number of carbonyl (C=O) groups excluding carboxylic acids is 5. The second-order valence-electron chi connectivity index (χ2n) is 15.2. The molecule has 0 spiro atoms. The summed E-state index contributed by atoms with van der Waals surface area (Å²) in [7, 11) is -6.27. The van der Waals surface area contributed by atoms with Gasteiger partial charge in [0.25, 0.3) is 11.7 Å². The van der Waals surface area contributed by atoms with E-state index >= 15 is 4.39 Å². The Balaban J connectivity index is 0.000000269. The molecule has 5 aliphatic heterocycles. The van der Waals surface area contributed by atoms with E-state index in [0.29, 0.717) is 0 Å². The summed E-state index contributed by atoms with van der Waals surface area (Å²) < 4.78 is 60.7. The first-order chi connectivity index (χ1) is 23.9. The topological polar surface area (TPSA) is 199 Å². The molecule has 52 heavy (non-hydrogen) atoms. The molecule has 5 rings (SSSR count). The number of Topliss-reactive ketones (excluding diaryl/α,β-unsaturated/α-hetero) is 1. The second kappa shape index (κ2) is 14.9. The van der Waals surface area contributed by atoms with Crippen molar-refractivity contribution in [2.75, 3.05) is 13.2 Å². The van der Waals surface area contributed by atoms with Crippen LogP contribution >= 0.6 is 0 Å². The average molecular weight is 777 g/mol. The van der Waals surface area contributed by atoms with Crippen molar-refractivity contribution in [1.82, 2.24) is 9.80 Å². The maximum absolute atomic E-state index is 16.5. The predicted octanol–water partition coefficient (Wildman–Crippen LogP) is 2.28.